The zero-order valence-electron chi connectivity index (χ0n) is 17.3. The van der Waals surface area contributed by atoms with Crippen LogP contribution in [0.15, 0.2) is 72.3 Å². The molecular formula is C23H15ClN4O6. The number of nitrogens with one attached hydrogen (secondary N) is 1. The molecule has 0 saturated carbocycles. The number of hydrogen-bond donors (Lipinski definition) is 1. The molecule has 0 aromatic heterocycles. The summed E-state index contributed by atoms with van der Waals surface area (Å²) in [6.07, 6.45) is 1.36. The minimum absolute atomic E-state index is 0.00786. The third-order valence-corrected chi connectivity index (χ3v) is 4.83. The van der Waals surface area contributed by atoms with Gasteiger partial charge in [0.1, 0.15) is 29.0 Å². The van der Waals surface area contributed by atoms with Crippen molar-refractivity contribution in [3.05, 3.63) is 109 Å². The normalized spacial score (nSPS) is 10.8. The Morgan fingerprint density at radius 3 is 2.29 bits per heavy atom. The predicted molar refractivity (Wildman–Crippen MR) is 124 cm³/mol. The number of rotatable bonds is 8. The molecule has 1 amide bonds. The number of nitriles is 1. The van der Waals surface area contributed by atoms with Gasteiger partial charge in [0.05, 0.1) is 9.85 Å². The highest BCUT2D eigenvalue weighted by molar-refractivity contribution is 6.32. The zero-order chi connectivity index (χ0) is 24.7. The maximum atomic E-state index is 12.4. The molecule has 3 rings (SSSR count). The van der Waals surface area contributed by atoms with Gasteiger partial charge in [-0.05, 0) is 53.6 Å². The average molecular weight is 479 g/mol. The van der Waals surface area contributed by atoms with Crippen LogP contribution in [0.1, 0.15) is 11.1 Å². The van der Waals surface area contributed by atoms with E-state index in [-0.39, 0.29) is 34.3 Å². The largest absolute Gasteiger partial charge is 0.489 e. The van der Waals surface area contributed by atoms with Gasteiger partial charge < -0.3 is 10.1 Å². The summed E-state index contributed by atoms with van der Waals surface area (Å²) >= 11 is 5.76. The zero-order valence-corrected chi connectivity index (χ0v) is 18.1. The second-order valence-corrected chi connectivity index (χ2v) is 7.24. The number of amides is 1. The number of carbonyl (C=O) groups is 1. The lowest BCUT2D eigenvalue weighted by atomic mass is 10.1. The average Bonchev–Trinajstić information content (AvgIpc) is 2.83. The lowest BCUT2D eigenvalue weighted by Crippen LogP contribution is -2.13. The number of benzene rings is 3. The Hall–Kier alpha value is -4.75. The summed E-state index contributed by atoms with van der Waals surface area (Å²) in [5, 5.41) is 33.4. The predicted octanol–water partition coefficient (Wildman–Crippen LogP) is 5.28. The number of non-ortho nitro benzene ring substituents is 1. The van der Waals surface area contributed by atoms with Crippen LogP contribution in [0.4, 0.5) is 17.1 Å². The van der Waals surface area contributed by atoms with Crippen LogP contribution >= 0.6 is 11.6 Å². The molecule has 0 heterocycles. The fourth-order valence-corrected chi connectivity index (χ4v) is 2.97. The molecule has 0 aliphatic heterocycles. The molecule has 0 bridgehead atoms. The lowest BCUT2D eigenvalue weighted by Gasteiger charge is -2.07. The molecule has 0 unspecified atom stereocenters. The first-order valence-corrected chi connectivity index (χ1v) is 9.98. The van der Waals surface area contributed by atoms with Crippen molar-refractivity contribution in [3.63, 3.8) is 0 Å². The van der Waals surface area contributed by atoms with Crippen molar-refractivity contribution in [1.82, 2.24) is 0 Å². The second kappa shape index (κ2) is 10.7. The lowest BCUT2D eigenvalue weighted by molar-refractivity contribution is -0.385. The van der Waals surface area contributed by atoms with E-state index in [1.54, 1.807) is 42.5 Å². The molecule has 0 radical (unpaired) electrons. The second-order valence-electron chi connectivity index (χ2n) is 6.83. The number of carbonyl (C=O) groups excluding carboxylic acids is 1. The van der Waals surface area contributed by atoms with Crippen molar-refractivity contribution in [1.29, 1.82) is 5.26 Å². The first-order valence-electron chi connectivity index (χ1n) is 9.60. The molecular weight excluding hydrogens is 464 g/mol. The van der Waals surface area contributed by atoms with E-state index in [2.05, 4.69) is 5.32 Å². The van der Waals surface area contributed by atoms with Gasteiger partial charge in [-0.15, -0.1) is 0 Å². The van der Waals surface area contributed by atoms with Crippen LogP contribution in [-0.2, 0) is 11.4 Å². The van der Waals surface area contributed by atoms with Crippen LogP contribution in [0, 0.1) is 31.6 Å². The van der Waals surface area contributed by atoms with Gasteiger partial charge >= 0.3 is 0 Å². The minimum atomic E-state index is -0.738. The molecule has 1 N–H and O–H groups in total. The van der Waals surface area contributed by atoms with Crippen molar-refractivity contribution in [2.24, 2.45) is 0 Å². The molecule has 3 aromatic rings. The highest BCUT2D eigenvalue weighted by Gasteiger charge is 2.15. The topological polar surface area (TPSA) is 148 Å². The Bertz CT molecular complexity index is 1310. The van der Waals surface area contributed by atoms with Gasteiger partial charge in [-0.1, -0.05) is 23.7 Å². The summed E-state index contributed by atoms with van der Waals surface area (Å²) in [4.78, 5) is 33.0. The van der Waals surface area contributed by atoms with Crippen LogP contribution in [0.5, 0.6) is 5.75 Å². The van der Waals surface area contributed by atoms with E-state index in [1.165, 1.54) is 30.3 Å². The molecule has 0 atom stereocenters. The van der Waals surface area contributed by atoms with Crippen LogP contribution < -0.4 is 10.1 Å². The molecule has 0 aliphatic rings. The fraction of sp³-hybridized carbons (Fsp3) is 0.0435. The summed E-state index contributed by atoms with van der Waals surface area (Å²) in [7, 11) is 0. The summed E-state index contributed by atoms with van der Waals surface area (Å²) in [6.45, 7) is 0.201. The number of nitrogens with zero attached hydrogens (tertiary/aromatic N) is 3. The van der Waals surface area contributed by atoms with Gasteiger partial charge in [0.25, 0.3) is 17.3 Å². The highest BCUT2D eigenvalue weighted by atomic mass is 35.5. The molecule has 0 fully saturated rings. The number of anilines is 1. The first-order chi connectivity index (χ1) is 16.3. The molecule has 0 aliphatic carbocycles. The number of hydrogen-bond acceptors (Lipinski definition) is 7. The van der Waals surface area contributed by atoms with E-state index < -0.39 is 15.8 Å². The Morgan fingerprint density at radius 2 is 1.71 bits per heavy atom. The summed E-state index contributed by atoms with van der Waals surface area (Å²) in [6, 6.07) is 18.1. The minimum Gasteiger partial charge on any atom is -0.489 e. The third-order valence-electron chi connectivity index (χ3n) is 4.51. The Morgan fingerprint density at radius 1 is 1.03 bits per heavy atom. The molecule has 3 aromatic carbocycles. The van der Waals surface area contributed by atoms with Gasteiger partial charge in [0, 0.05) is 23.9 Å². The van der Waals surface area contributed by atoms with Crippen LogP contribution in [0.25, 0.3) is 6.08 Å². The maximum absolute atomic E-state index is 12.4. The monoisotopic (exact) mass is 478 g/mol. The van der Waals surface area contributed by atoms with Crippen LogP contribution in [0.2, 0.25) is 5.02 Å². The van der Waals surface area contributed by atoms with E-state index in [9.17, 15) is 30.3 Å². The van der Waals surface area contributed by atoms with E-state index in [4.69, 9.17) is 16.3 Å². The standard InChI is InChI=1S/C23H15ClN4O6/c24-21-10-5-18(12-22(21)28(32)33)26-23(29)17(13-25)11-15-3-8-20(9-4-15)34-14-16-1-6-19(7-2-16)27(30)31/h1-12H,14H2,(H,26,29)/b17-11+. The van der Waals surface area contributed by atoms with Gasteiger partial charge in [-0.3, -0.25) is 25.0 Å². The van der Waals surface area contributed by atoms with Crippen molar-refractivity contribution < 1.29 is 19.4 Å². The summed E-state index contributed by atoms with van der Waals surface area (Å²) in [5.74, 6) is -0.218. The SMILES string of the molecule is N#C/C(=C\c1ccc(OCc2ccc([N+](=O)[O-])cc2)cc1)C(=O)Nc1ccc(Cl)c([N+](=O)[O-])c1. The molecule has 0 spiro atoms. The molecule has 10 nitrogen and oxygen atoms in total. The van der Waals surface area contributed by atoms with E-state index >= 15 is 0 Å². The summed E-state index contributed by atoms with van der Waals surface area (Å²) in [5.41, 5.74) is 0.837. The van der Waals surface area contributed by atoms with Crippen molar-refractivity contribution in [2.75, 3.05) is 5.32 Å². The van der Waals surface area contributed by atoms with E-state index in [0.29, 0.717) is 11.3 Å². The third kappa shape index (κ3) is 6.15. The molecule has 34 heavy (non-hydrogen) atoms. The Kier molecular flexibility index (Phi) is 7.53. The molecule has 170 valence electrons. The van der Waals surface area contributed by atoms with Gasteiger partial charge in [0.15, 0.2) is 0 Å². The maximum Gasteiger partial charge on any atom is 0.289 e. The molecule has 0 saturated heterocycles. The number of nitro groups is 2. The number of ether oxygens (including phenoxy) is 1. The summed E-state index contributed by atoms with van der Waals surface area (Å²) < 4.78 is 5.64. The molecule has 11 heteroatoms. The smallest absolute Gasteiger partial charge is 0.289 e. The first kappa shape index (κ1) is 23.9. The van der Waals surface area contributed by atoms with Gasteiger partial charge in [-0.25, -0.2) is 0 Å². The van der Waals surface area contributed by atoms with E-state index in [1.807, 2.05) is 0 Å². The van der Waals surface area contributed by atoms with Crippen LogP contribution in [0.3, 0.4) is 0 Å². The van der Waals surface area contributed by atoms with Crippen molar-refractivity contribution in [2.45, 2.75) is 6.61 Å². The highest BCUT2D eigenvalue weighted by Crippen LogP contribution is 2.27. The number of halogens is 1. The fourth-order valence-electron chi connectivity index (χ4n) is 2.78. The van der Waals surface area contributed by atoms with Crippen molar-refractivity contribution in [3.8, 4) is 11.8 Å². The van der Waals surface area contributed by atoms with Crippen molar-refractivity contribution >= 4 is 40.6 Å². The van der Waals surface area contributed by atoms with E-state index in [0.717, 1.165) is 11.6 Å². The van der Waals surface area contributed by atoms with Gasteiger partial charge in [-0.2, -0.15) is 5.26 Å². The number of nitro benzene ring substituents is 2. The van der Waals surface area contributed by atoms with Gasteiger partial charge in [0.2, 0.25) is 0 Å². The Labute approximate surface area is 198 Å². The quantitative estimate of drug-likeness (QED) is 0.200. The van der Waals surface area contributed by atoms with Crippen LogP contribution in [-0.4, -0.2) is 15.8 Å². The Balaban J connectivity index is 1.65.